The van der Waals surface area contributed by atoms with Crippen LogP contribution in [0.4, 0.5) is 10.8 Å². The highest BCUT2D eigenvalue weighted by Crippen LogP contribution is 2.27. The van der Waals surface area contributed by atoms with E-state index in [9.17, 15) is 4.79 Å². The van der Waals surface area contributed by atoms with Crippen molar-refractivity contribution in [2.24, 2.45) is 0 Å². The van der Waals surface area contributed by atoms with Gasteiger partial charge in [0.15, 0.2) is 0 Å². The molecular formula is C18H20N6OS. The molecule has 1 aromatic carbocycles. The third kappa shape index (κ3) is 3.51. The van der Waals surface area contributed by atoms with Crippen molar-refractivity contribution >= 4 is 39.0 Å². The Morgan fingerprint density at radius 2 is 2.08 bits per heavy atom. The summed E-state index contributed by atoms with van der Waals surface area (Å²) in [6.45, 7) is 5.94. The van der Waals surface area contributed by atoms with Gasteiger partial charge in [0.05, 0.1) is 12.1 Å². The SMILES string of the molecule is Cc1cccc2c(N3CCN(CC(=O)Nc4nncs4)CC3)ccnc12. The first kappa shape index (κ1) is 16.9. The Morgan fingerprint density at radius 1 is 1.23 bits per heavy atom. The summed E-state index contributed by atoms with van der Waals surface area (Å²) in [5.74, 6) is -0.0415. The van der Waals surface area contributed by atoms with Gasteiger partial charge in [-0.1, -0.05) is 29.5 Å². The molecule has 26 heavy (non-hydrogen) atoms. The van der Waals surface area contributed by atoms with Crippen LogP contribution in [0, 0.1) is 6.92 Å². The number of carbonyl (C=O) groups excluding carboxylic acids is 1. The number of aromatic nitrogens is 3. The molecule has 0 spiro atoms. The number of fused-ring (bicyclic) bond motifs is 1. The molecule has 8 heteroatoms. The summed E-state index contributed by atoms with van der Waals surface area (Å²) in [7, 11) is 0. The number of hydrogen-bond acceptors (Lipinski definition) is 7. The molecule has 3 aromatic rings. The van der Waals surface area contributed by atoms with Gasteiger partial charge in [0.2, 0.25) is 11.0 Å². The Labute approximate surface area is 155 Å². The van der Waals surface area contributed by atoms with E-state index in [1.54, 1.807) is 5.51 Å². The van der Waals surface area contributed by atoms with Crippen molar-refractivity contribution in [3.05, 3.63) is 41.5 Å². The van der Waals surface area contributed by atoms with Gasteiger partial charge in [0.25, 0.3) is 0 Å². The summed E-state index contributed by atoms with van der Waals surface area (Å²) in [4.78, 5) is 21.2. The molecule has 0 bridgehead atoms. The number of aryl methyl sites for hydroxylation is 1. The van der Waals surface area contributed by atoms with Gasteiger partial charge in [0.1, 0.15) is 5.51 Å². The van der Waals surface area contributed by atoms with Crippen LogP contribution >= 0.6 is 11.3 Å². The summed E-state index contributed by atoms with van der Waals surface area (Å²) >= 11 is 1.33. The fraction of sp³-hybridized carbons (Fsp3) is 0.333. The molecule has 0 aliphatic carbocycles. The molecule has 1 saturated heterocycles. The van der Waals surface area contributed by atoms with Crippen LogP contribution in [0.5, 0.6) is 0 Å². The van der Waals surface area contributed by atoms with E-state index >= 15 is 0 Å². The molecule has 0 saturated carbocycles. The number of anilines is 2. The quantitative estimate of drug-likeness (QED) is 0.761. The first-order valence-electron chi connectivity index (χ1n) is 8.58. The average molecular weight is 368 g/mol. The third-order valence-electron chi connectivity index (χ3n) is 4.64. The van der Waals surface area contributed by atoms with Crippen LogP contribution in [-0.2, 0) is 4.79 Å². The number of nitrogens with zero attached hydrogens (tertiary/aromatic N) is 5. The minimum Gasteiger partial charge on any atom is -0.368 e. The van der Waals surface area contributed by atoms with Gasteiger partial charge in [-0.15, -0.1) is 10.2 Å². The standard InChI is InChI=1S/C18H20N6OS/c1-13-3-2-4-14-15(5-6-19-17(13)14)24-9-7-23(8-10-24)11-16(25)21-18-22-20-12-26-18/h2-6,12H,7-11H2,1H3,(H,21,22,25). The lowest BCUT2D eigenvalue weighted by Crippen LogP contribution is -2.48. The van der Waals surface area contributed by atoms with E-state index in [0.29, 0.717) is 11.7 Å². The number of carbonyl (C=O) groups is 1. The predicted octanol–water partition coefficient (Wildman–Crippen LogP) is 2.16. The summed E-state index contributed by atoms with van der Waals surface area (Å²) in [5.41, 5.74) is 5.08. The lowest BCUT2D eigenvalue weighted by Gasteiger charge is -2.36. The average Bonchev–Trinajstić information content (AvgIpc) is 3.15. The van der Waals surface area contributed by atoms with Crippen LogP contribution in [0.25, 0.3) is 10.9 Å². The third-order valence-corrected chi connectivity index (χ3v) is 5.24. The van der Waals surface area contributed by atoms with Gasteiger partial charge in [-0.25, -0.2) is 0 Å². The molecule has 0 radical (unpaired) electrons. The Bertz CT molecular complexity index is 905. The molecule has 1 aliphatic heterocycles. The van der Waals surface area contributed by atoms with E-state index in [-0.39, 0.29) is 5.91 Å². The van der Waals surface area contributed by atoms with Crippen LogP contribution in [-0.4, -0.2) is 58.7 Å². The first-order chi connectivity index (χ1) is 12.7. The maximum Gasteiger partial charge on any atom is 0.240 e. The fourth-order valence-electron chi connectivity index (χ4n) is 3.32. The van der Waals surface area contributed by atoms with E-state index in [1.165, 1.54) is 28.0 Å². The normalized spacial score (nSPS) is 15.3. The Hall–Kier alpha value is -2.58. The Balaban J connectivity index is 1.39. The van der Waals surface area contributed by atoms with Gasteiger partial charge in [-0.05, 0) is 18.6 Å². The van der Waals surface area contributed by atoms with Crippen LogP contribution in [0.2, 0.25) is 0 Å². The van der Waals surface area contributed by atoms with E-state index < -0.39 is 0 Å². The van der Waals surface area contributed by atoms with Crippen molar-refractivity contribution in [1.82, 2.24) is 20.1 Å². The summed E-state index contributed by atoms with van der Waals surface area (Å²) in [6, 6.07) is 8.39. The van der Waals surface area contributed by atoms with Crippen molar-refractivity contribution < 1.29 is 4.79 Å². The zero-order valence-electron chi connectivity index (χ0n) is 14.6. The van der Waals surface area contributed by atoms with Crippen molar-refractivity contribution in [2.75, 3.05) is 42.9 Å². The molecule has 0 atom stereocenters. The predicted molar refractivity (Wildman–Crippen MR) is 104 cm³/mol. The number of pyridine rings is 1. The van der Waals surface area contributed by atoms with Crippen molar-refractivity contribution in [1.29, 1.82) is 0 Å². The molecule has 1 N–H and O–H groups in total. The summed E-state index contributed by atoms with van der Waals surface area (Å²) < 4.78 is 0. The zero-order chi connectivity index (χ0) is 17.9. The van der Waals surface area contributed by atoms with E-state index in [2.05, 4.69) is 61.5 Å². The number of hydrogen-bond donors (Lipinski definition) is 1. The lowest BCUT2D eigenvalue weighted by atomic mass is 10.1. The number of nitrogens with one attached hydrogen (secondary N) is 1. The fourth-order valence-corrected chi connectivity index (χ4v) is 3.78. The van der Waals surface area contributed by atoms with Gasteiger partial charge < -0.3 is 4.90 Å². The second-order valence-corrected chi connectivity index (χ2v) is 7.19. The number of benzene rings is 1. The van der Waals surface area contributed by atoms with Gasteiger partial charge in [-0.2, -0.15) is 0 Å². The first-order valence-corrected chi connectivity index (χ1v) is 9.46. The highest BCUT2D eigenvalue weighted by Gasteiger charge is 2.21. The van der Waals surface area contributed by atoms with Gasteiger partial charge in [0, 0.05) is 43.4 Å². The molecule has 134 valence electrons. The molecular weight excluding hydrogens is 348 g/mol. The highest BCUT2D eigenvalue weighted by molar-refractivity contribution is 7.13. The van der Waals surface area contributed by atoms with Crippen molar-refractivity contribution in [3.63, 3.8) is 0 Å². The molecule has 2 aromatic heterocycles. The summed E-state index contributed by atoms with van der Waals surface area (Å²) in [6.07, 6.45) is 1.88. The van der Waals surface area contributed by atoms with Crippen LogP contribution < -0.4 is 10.2 Å². The number of rotatable bonds is 4. The molecule has 1 fully saturated rings. The number of para-hydroxylation sites is 1. The Morgan fingerprint density at radius 3 is 2.85 bits per heavy atom. The largest absolute Gasteiger partial charge is 0.368 e. The maximum absolute atomic E-state index is 12.1. The topological polar surface area (TPSA) is 74.2 Å². The van der Waals surface area contributed by atoms with E-state index in [1.807, 2.05) is 6.20 Å². The molecule has 0 unspecified atom stereocenters. The maximum atomic E-state index is 12.1. The Kier molecular flexibility index (Phi) is 4.77. The molecule has 1 amide bonds. The van der Waals surface area contributed by atoms with Crippen molar-refractivity contribution in [2.45, 2.75) is 6.92 Å². The van der Waals surface area contributed by atoms with Gasteiger partial charge in [-0.3, -0.25) is 20.0 Å². The molecule has 7 nitrogen and oxygen atoms in total. The van der Waals surface area contributed by atoms with E-state index in [4.69, 9.17) is 0 Å². The monoisotopic (exact) mass is 368 g/mol. The van der Waals surface area contributed by atoms with Crippen LogP contribution in [0.3, 0.4) is 0 Å². The minimum atomic E-state index is -0.0415. The van der Waals surface area contributed by atoms with E-state index in [0.717, 1.165) is 31.7 Å². The molecule has 3 heterocycles. The highest BCUT2D eigenvalue weighted by atomic mass is 32.1. The van der Waals surface area contributed by atoms with Gasteiger partial charge >= 0.3 is 0 Å². The number of amides is 1. The van der Waals surface area contributed by atoms with Crippen LogP contribution in [0.15, 0.2) is 36.0 Å². The zero-order valence-corrected chi connectivity index (χ0v) is 15.4. The molecule has 1 aliphatic rings. The minimum absolute atomic E-state index is 0.0415. The second kappa shape index (κ2) is 7.35. The lowest BCUT2D eigenvalue weighted by molar-refractivity contribution is -0.117. The number of piperazine rings is 1. The smallest absolute Gasteiger partial charge is 0.240 e. The second-order valence-electron chi connectivity index (χ2n) is 6.36. The molecule has 4 rings (SSSR count). The summed E-state index contributed by atoms with van der Waals surface area (Å²) in [5, 5.41) is 12.1. The van der Waals surface area contributed by atoms with Crippen molar-refractivity contribution in [3.8, 4) is 0 Å². The van der Waals surface area contributed by atoms with Crippen LogP contribution in [0.1, 0.15) is 5.56 Å².